The topological polar surface area (TPSA) is 67.4 Å². The van der Waals surface area contributed by atoms with E-state index in [1.165, 1.54) is 13.2 Å². The van der Waals surface area contributed by atoms with Crippen LogP contribution in [0.4, 0.5) is 0 Å². The molecule has 0 saturated carbocycles. The first-order valence-corrected chi connectivity index (χ1v) is 9.26. The van der Waals surface area contributed by atoms with Crippen molar-refractivity contribution in [2.45, 2.75) is 24.3 Å². The third-order valence-electron chi connectivity index (χ3n) is 3.56. The lowest BCUT2D eigenvalue weighted by atomic mass is 9.97. The Morgan fingerprint density at radius 1 is 1.45 bits per heavy atom. The van der Waals surface area contributed by atoms with Crippen LogP contribution in [-0.4, -0.2) is 34.7 Å². The molecule has 0 radical (unpaired) electrons. The summed E-state index contributed by atoms with van der Waals surface area (Å²) in [4.78, 5) is 0.0510. The smallest absolute Gasteiger partial charge is 0.244 e. The van der Waals surface area contributed by atoms with Gasteiger partial charge in [-0.05, 0) is 53.5 Å². The first-order valence-electron chi connectivity index (χ1n) is 6.61. The number of sulfonamides is 1. The van der Waals surface area contributed by atoms with E-state index < -0.39 is 10.0 Å². The van der Waals surface area contributed by atoms with E-state index in [0.29, 0.717) is 9.50 Å². The van der Waals surface area contributed by atoms with E-state index in [9.17, 15) is 8.42 Å². The van der Waals surface area contributed by atoms with Gasteiger partial charge in [0.05, 0.1) is 11.6 Å². The predicted molar refractivity (Wildman–Crippen MR) is 93.7 cm³/mol. The monoisotopic (exact) mass is 432 g/mol. The summed E-state index contributed by atoms with van der Waals surface area (Å²) in [7, 11) is -2.27. The Morgan fingerprint density at radius 2 is 2.14 bits per heavy atom. The third kappa shape index (κ3) is 4.49. The summed E-state index contributed by atoms with van der Waals surface area (Å²) in [5, 5.41) is 3.58. The van der Waals surface area contributed by atoms with Gasteiger partial charge in [0.1, 0.15) is 4.90 Å². The summed E-state index contributed by atoms with van der Waals surface area (Å²) >= 11 is 9.24. The van der Waals surface area contributed by atoms with Crippen molar-refractivity contribution >= 4 is 50.0 Å². The van der Waals surface area contributed by atoms with Crippen LogP contribution in [0.1, 0.15) is 13.3 Å². The quantitative estimate of drug-likeness (QED) is 0.765. The Bertz CT molecular complexity index is 628. The van der Waals surface area contributed by atoms with Crippen LogP contribution in [-0.2, 0) is 10.0 Å². The van der Waals surface area contributed by atoms with Crippen molar-refractivity contribution in [2.75, 3.05) is 20.2 Å². The van der Waals surface area contributed by atoms with Gasteiger partial charge in [-0.3, -0.25) is 0 Å². The summed E-state index contributed by atoms with van der Waals surface area (Å²) in [6.45, 7) is 3.61. The van der Waals surface area contributed by atoms with E-state index in [1.807, 2.05) is 6.92 Å². The van der Waals surface area contributed by atoms with E-state index in [0.717, 1.165) is 19.5 Å². The van der Waals surface area contributed by atoms with Crippen molar-refractivity contribution in [1.82, 2.24) is 10.0 Å². The van der Waals surface area contributed by atoms with Gasteiger partial charge in [0.25, 0.3) is 0 Å². The van der Waals surface area contributed by atoms with Crippen LogP contribution in [0.25, 0.3) is 0 Å². The fourth-order valence-electron chi connectivity index (χ4n) is 2.39. The minimum Gasteiger partial charge on any atom is -0.494 e. The zero-order valence-electron chi connectivity index (χ0n) is 12.2. The molecule has 2 N–H and O–H groups in total. The van der Waals surface area contributed by atoms with Crippen molar-refractivity contribution < 1.29 is 13.2 Å². The van der Waals surface area contributed by atoms with Gasteiger partial charge in [-0.25, -0.2) is 13.1 Å². The van der Waals surface area contributed by atoms with Crippen molar-refractivity contribution in [3.05, 3.63) is 21.6 Å². The highest BCUT2D eigenvalue weighted by Crippen LogP contribution is 2.35. The summed E-state index contributed by atoms with van der Waals surface area (Å²) < 4.78 is 33.7. The molecule has 1 saturated heterocycles. The van der Waals surface area contributed by atoms with E-state index in [2.05, 4.69) is 26.0 Å². The molecule has 0 aromatic heterocycles. The summed E-state index contributed by atoms with van der Waals surface area (Å²) in [6.07, 6.45) is 0.754. The van der Waals surface area contributed by atoms with Crippen molar-refractivity contribution in [2.24, 2.45) is 5.92 Å². The van der Waals surface area contributed by atoms with Crippen molar-refractivity contribution in [3.63, 3.8) is 0 Å². The fraction of sp³-hybridized carbons (Fsp3) is 0.538. The molecule has 1 aromatic carbocycles. The van der Waals surface area contributed by atoms with Crippen LogP contribution in [0.15, 0.2) is 21.5 Å². The molecule has 5 nitrogen and oxygen atoms in total. The predicted octanol–water partition coefficient (Wildman–Crippen LogP) is 2.81. The molecule has 0 aliphatic carbocycles. The van der Waals surface area contributed by atoms with E-state index in [-0.39, 0.29) is 35.0 Å². The highest BCUT2D eigenvalue weighted by Gasteiger charge is 2.29. The van der Waals surface area contributed by atoms with Crippen LogP contribution < -0.4 is 14.8 Å². The third-order valence-corrected chi connectivity index (χ3v) is 5.86. The van der Waals surface area contributed by atoms with Gasteiger partial charge < -0.3 is 10.1 Å². The summed E-state index contributed by atoms with van der Waals surface area (Å²) in [5.74, 6) is 0.482. The maximum absolute atomic E-state index is 12.6. The molecule has 0 spiro atoms. The van der Waals surface area contributed by atoms with Crippen LogP contribution in [0.3, 0.4) is 0 Å². The van der Waals surface area contributed by atoms with E-state index >= 15 is 0 Å². The number of benzene rings is 1. The second kappa shape index (κ2) is 8.17. The molecule has 9 heteroatoms. The largest absolute Gasteiger partial charge is 0.494 e. The Morgan fingerprint density at radius 3 is 2.73 bits per heavy atom. The minimum absolute atomic E-state index is 0. The molecule has 1 aromatic rings. The minimum atomic E-state index is -3.70. The first-order chi connectivity index (χ1) is 9.85. The number of piperidine rings is 1. The SMILES string of the molecule is COc1c(Br)cc(Cl)cc1S(=O)(=O)NC1CCNCC1C.Cl. The van der Waals surface area contributed by atoms with Gasteiger partial charge in [-0.15, -0.1) is 12.4 Å². The van der Waals surface area contributed by atoms with E-state index in [1.54, 1.807) is 6.07 Å². The number of hydrogen-bond donors (Lipinski definition) is 2. The highest BCUT2D eigenvalue weighted by molar-refractivity contribution is 9.10. The highest BCUT2D eigenvalue weighted by atomic mass is 79.9. The fourth-order valence-corrected chi connectivity index (χ4v) is 5.15. The number of hydrogen-bond acceptors (Lipinski definition) is 4. The van der Waals surface area contributed by atoms with Gasteiger partial charge in [0.2, 0.25) is 10.0 Å². The maximum Gasteiger partial charge on any atom is 0.244 e. The molecular formula is C13H19BrCl2N2O3S. The molecule has 126 valence electrons. The van der Waals surface area contributed by atoms with Crippen molar-refractivity contribution in [1.29, 1.82) is 0 Å². The lowest BCUT2D eigenvalue weighted by molar-refractivity contribution is 0.327. The molecule has 1 aliphatic rings. The Labute approximate surface area is 150 Å². The molecule has 2 unspecified atom stereocenters. The molecule has 2 rings (SSSR count). The second-order valence-corrected chi connectivity index (χ2v) is 8.09. The summed E-state index contributed by atoms with van der Waals surface area (Å²) in [5.41, 5.74) is 0. The van der Waals surface area contributed by atoms with Gasteiger partial charge >= 0.3 is 0 Å². The van der Waals surface area contributed by atoms with Crippen LogP contribution in [0.2, 0.25) is 5.02 Å². The molecule has 0 amide bonds. The molecule has 2 atom stereocenters. The van der Waals surface area contributed by atoms with Crippen LogP contribution >= 0.6 is 39.9 Å². The number of nitrogens with one attached hydrogen (secondary N) is 2. The molecule has 0 bridgehead atoms. The average molecular weight is 434 g/mol. The number of ether oxygens (including phenoxy) is 1. The van der Waals surface area contributed by atoms with Gasteiger partial charge in [-0.2, -0.15) is 0 Å². The summed E-state index contributed by atoms with van der Waals surface area (Å²) in [6, 6.07) is 2.91. The first kappa shape index (κ1) is 20.0. The Balaban J connectivity index is 0.00000242. The lowest BCUT2D eigenvalue weighted by Gasteiger charge is -2.30. The second-order valence-electron chi connectivity index (χ2n) is 5.12. The van der Waals surface area contributed by atoms with Crippen LogP contribution in [0, 0.1) is 5.92 Å². The molecule has 1 fully saturated rings. The maximum atomic E-state index is 12.6. The zero-order chi connectivity index (χ0) is 15.6. The lowest BCUT2D eigenvalue weighted by Crippen LogP contribution is -2.48. The normalized spacial score (nSPS) is 22.0. The number of halogens is 3. The Kier molecular flexibility index (Phi) is 7.42. The molecular weight excluding hydrogens is 415 g/mol. The van der Waals surface area contributed by atoms with E-state index in [4.69, 9.17) is 16.3 Å². The van der Waals surface area contributed by atoms with Gasteiger partial charge in [0.15, 0.2) is 5.75 Å². The van der Waals surface area contributed by atoms with Crippen molar-refractivity contribution in [3.8, 4) is 5.75 Å². The Hall–Kier alpha value is -0.0500. The van der Waals surface area contributed by atoms with Crippen LogP contribution in [0.5, 0.6) is 5.75 Å². The standard InChI is InChI=1S/C13H18BrClN2O3S.ClH/c1-8-7-16-4-3-11(8)17-21(18,19)12-6-9(15)5-10(14)13(12)20-2;/h5-6,8,11,16-17H,3-4,7H2,1-2H3;1H. The molecule has 1 aliphatic heterocycles. The number of methoxy groups -OCH3 is 1. The average Bonchev–Trinajstić information content (AvgIpc) is 2.40. The molecule has 1 heterocycles. The molecule has 22 heavy (non-hydrogen) atoms. The van der Waals surface area contributed by atoms with Gasteiger partial charge in [-0.1, -0.05) is 18.5 Å². The number of rotatable bonds is 4. The zero-order valence-corrected chi connectivity index (χ0v) is 16.2. The van der Waals surface area contributed by atoms with Gasteiger partial charge in [0, 0.05) is 11.1 Å².